The number of halogens is 6. The molecule has 0 aliphatic heterocycles. The van der Waals surface area contributed by atoms with Gasteiger partial charge in [0, 0.05) is 0 Å². The third-order valence-electron chi connectivity index (χ3n) is 3.92. The number of hydrogen-bond acceptors (Lipinski definition) is 0. The standard InChI is InChI=1S/C20H13F6P/c21-19(22,23)15-10-4-6-12-17(15)27(14-8-2-1-3-9-14)18-13-7-5-11-16(18)20(24,25)26/h1-13H. The first-order valence-electron chi connectivity index (χ1n) is 7.87. The van der Waals surface area contributed by atoms with Crippen LogP contribution in [0.1, 0.15) is 11.1 Å². The molecule has 0 saturated carbocycles. The lowest BCUT2D eigenvalue weighted by molar-refractivity contribution is -0.137. The first-order chi connectivity index (χ1) is 12.7. The molecule has 3 aromatic rings. The number of hydrogen-bond donors (Lipinski definition) is 0. The van der Waals surface area contributed by atoms with E-state index in [4.69, 9.17) is 0 Å². The van der Waals surface area contributed by atoms with E-state index >= 15 is 0 Å². The Hall–Kier alpha value is -2.33. The van der Waals surface area contributed by atoms with Gasteiger partial charge in [-0.05, 0) is 36.0 Å². The molecular formula is C20H13F6P. The first-order valence-corrected chi connectivity index (χ1v) is 9.21. The van der Waals surface area contributed by atoms with Crippen LogP contribution in [0.15, 0.2) is 78.9 Å². The van der Waals surface area contributed by atoms with Gasteiger partial charge in [-0.15, -0.1) is 0 Å². The molecule has 0 aromatic heterocycles. The number of alkyl halides is 6. The van der Waals surface area contributed by atoms with E-state index in [2.05, 4.69) is 0 Å². The molecule has 0 saturated heterocycles. The lowest BCUT2D eigenvalue weighted by Crippen LogP contribution is -2.30. The Morgan fingerprint density at radius 2 is 0.852 bits per heavy atom. The molecule has 0 bridgehead atoms. The largest absolute Gasteiger partial charge is 0.417 e. The van der Waals surface area contributed by atoms with Gasteiger partial charge in [0.15, 0.2) is 0 Å². The molecule has 0 aliphatic rings. The Labute approximate surface area is 153 Å². The van der Waals surface area contributed by atoms with Gasteiger partial charge >= 0.3 is 12.4 Å². The Balaban J connectivity index is 2.32. The van der Waals surface area contributed by atoms with Crippen molar-refractivity contribution in [3.63, 3.8) is 0 Å². The van der Waals surface area contributed by atoms with Crippen molar-refractivity contribution in [2.24, 2.45) is 0 Å². The van der Waals surface area contributed by atoms with E-state index < -0.39 is 31.4 Å². The average molecular weight is 398 g/mol. The summed E-state index contributed by atoms with van der Waals surface area (Å²) in [5.74, 6) is 0. The van der Waals surface area contributed by atoms with Crippen molar-refractivity contribution in [2.75, 3.05) is 0 Å². The highest BCUT2D eigenvalue weighted by Crippen LogP contribution is 2.42. The van der Waals surface area contributed by atoms with Crippen molar-refractivity contribution in [2.45, 2.75) is 12.4 Å². The van der Waals surface area contributed by atoms with Crippen LogP contribution in [-0.2, 0) is 12.4 Å². The fraction of sp³-hybridized carbons (Fsp3) is 0.100. The smallest absolute Gasteiger partial charge is 0.166 e. The third kappa shape index (κ3) is 4.16. The summed E-state index contributed by atoms with van der Waals surface area (Å²) in [6.45, 7) is 0. The van der Waals surface area contributed by atoms with Gasteiger partial charge in [0.25, 0.3) is 0 Å². The highest BCUT2D eigenvalue weighted by Gasteiger charge is 2.39. The van der Waals surface area contributed by atoms with Gasteiger partial charge < -0.3 is 0 Å². The van der Waals surface area contributed by atoms with Gasteiger partial charge in [-0.3, -0.25) is 0 Å². The van der Waals surface area contributed by atoms with Crippen LogP contribution in [-0.4, -0.2) is 0 Å². The van der Waals surface area contributed by atoms with Crippen LogP contribution < -0.4 is 15.9 Å². The van der Waals surface area contributed by atoms with E-state index in [1.54, 1.807) is 30.3 Å². The summed E-state index contributed by atoms with van der Waals surface area (Å²) in [4.78, 5) is 0. The van der Waals surface area contributed by atoms with Crippen LogP contribution in [0.2, 0.25) is 0 Å². The maximum atomic E-state index is 13.6. The summed E-state index contributed by atoms with van der Waals surface area (Å²) in [6, 6.07) is 17.6. The molecule has 0 radical (unpaired) electrons. The Morgan fingerprint density at radius 1 is 0.481 bits per heavy atom. The molecule has 0 atom stereocenters. The maximum Gasteiger partial charge on any atom is 0.417 e. The average Bonchev–Trinajstić information content (AvgIpc) is 2.62. The van der Waals surface area contributed by atoms with E-state index in [-0.39, 0.29) is 10.6 Å². The van der Waals surface area contributed by atoms with Gasteiger partial charge in [-0.25, -0.2) is 0 Å². The molecule has 0 fully saturated rings. The van der Waals surface area contributed by atoms with Gasteiger partial charge in [0.1, 0.15) is 0 Å². The fourth-order valence-corrected chi connectivity index (χ4v) is 5.44. The Kier molecular flexibility index (Phi) is 5.29. The van der Waals surface area contributed by atoms with Crippen molar-refractivity contribution >= 4 is 23.8 Å². The zero-order valence-electron chi connectivity index (χ0n) is 13.7. The second-order valence-corrected chi connectivity index (χ2v) is 7.85. The van der Waals surface area contributed by atoms with Gasteiger partial charge in [-0.1, -0.05) is 66.7 Å². The van der Waals surface area contributed by atoms with E-state index in [0.717, 1.165) is 12.1 Å². The second kappa shape index (κ2) is 7.35. The molecule has 0 amide bonds. The van der Waals surface area contributed by atoms with Crippen molar-refractivity contribution in [3.05, 3.63) is 90.0 Å². The van der Waals surface area contributed by atoms with Crippen LogP contribution in [0.25, 0.3) is 0 Å². The number of rotatable bonds is 3. The monoisotopic (exact) mass is 398 g/mol. The summed E-state index contributed by atoms with van der Waals surface area (Å²) < 4.78 is 81.4. The zero-order chi connectivity index (χ0) is 19.7. The highest BCUT2D eigenvalue weighted by molar-refractivity contribution is 7.80. The molecule has 7 heteroatoms. The zero-order valence-corrected chi connectivity index (χ0v) is 14.6. The topological polar surface area (TPSA) is 0 Å². The maximum absolute atomic E-state index is 13.6. The summed E-state index contributed by atoms with van der Waals surface area (Å²) in [6.07, 6.45) is -9.34. The van der Waals surface area contributed by atoms with Crippen LogP contribution >= 0.6 is 7.92 Å². The van der Waals surface area contributed by atoms with Gasteiger partial charge in [0.05, 0.1) is 11.1 Å². The van der Waals surface area contributed by atoms with Crippen molar-refractivity contribution < 1.29 is 26.3 Å². The second-order valence-electron chi connectivity index (χ2n) is 5.70. The van der Waals surface area contributed by atoms with Gasteiger partial charge in [-0.2, -0.15) is 26.3 Å². The molecule has 3 aromatic carbocycles. The van der Waals surface area contributed by atoms with Gasteiger partial charge in [0.2, 0.25) is 0 Å². The van der Waals surface area contributed by atoms with Crippen LogP contribution in [0.3, 0.4) is 0 Å². The lowest BCUT2D eigenvalue weighted by atomic mass is 10.2. The van der Waals surface area contributed by atoms with Crippen LogP contribution in [0, 0.1) is 0 Å². The van der Waals surface area contributed by atoms with E-state index in [1.165, 1.54) is 36.4 Å². The molecule has 3 rings (SSSR count). The van der Waals surface area contributed by atoms with Crippen LogP contribution in [0.4, 0.5) is 26.3 Å². The molecule has 0 N–H and O–H groups in total. The predicted octanol–water partition coefficient (Wildman–Crippen LogP) is 5.48. The molecule has 0 aliphatic carbocycles. The molecule has 0 heterocycles. The third-order valence-corrected chi connectivity index (χ3v) is 6.47. The molecule has 27 heavy (non-hydrogen) atoms. The minimum atomic E-state index is -4.67. The minimum Gasteiger partial charge on any atom is -0.166 e. The van der Waals surface area contributed by atoms with E-state index in [0.29, 0.717) is 5.30 Å². The molecule has 140 valence electrons. The lowest BCUT2D eigenvalue weighted by Gasteiger charge is -2.25. The van der Waals surface area contributed by atoms with Crippen molar-refractivity contribution in [1.82, 2.24) is 0 Å². The van der Waals surface area contributed by atoms with E-state index in [9.17, 15) is 26.3 Å². The Bertz CT molecular complexity index is 858. The fourth-order valence-electron chi connectivity index (χ4n) is 2.80. The molecule has 0 spiro atoms. The quantitative estimate of drug-likeness (QED) is 0.405. The first kappa shape index (κ1) is 19.4. The van der Waals surface area contributed by atoms with Crippen molar-refractivity contribution in [3.8, 4) is 0 Å². The summed E-state index contributed by atoms with van der Waals surface area (Å²) in [5, 5.41) is 0.117. The molecule has 0 unspecified atom stereocenters. The highest BCUT2D eigenvalue weighted by atomic mass is 31.1. The number of benzene rings is 3. The Morgan fingerprint density at radius 3 is 1.26 bits per heavy atom. The van der Waals surface area contributed by atoms with Crippen molar-refractivity contribution in [1.29, 1.82) is 0 Å². The summed E-state index contributed by atoms with van der Waals surface area (Å²) in [5.41, 5.74) is -1.84. The van der Waals surface area contributed by atoms with Crippen LogP contribution in [0.5, 0.6) is 0 Å². The summed E-state index contributed by atoms with van der Waals surface area (Å²) >= 11 is 0. The normalized spacial score (nSPS) is 12.4. The molecular weight excluding hydrogens is 385 g/mol. The van der Waals surface area contributed by atoms with E-state index in [1.807, 2.05) is 0 Å². The predicted molar refractivity (Wildman–Crippen MR) is 95.2 cm³/mol. The minimum absolute atomic E-state index is 0.150. The molecule has 0 nitrogen and oxygen atoms in total. The summed E-state index contributed by atoms with van der Waals surface area (Å²) in [7, 11) is -2.06. The SMILES string of the molecule is FC(F)(F)c1ccccc1P(c1ccccc1)c1ccccc1C(F)(F)F.